The SMILES string of the molecule is CC/C=C/C/C=C/C/C=C/C/C=C/C/C=C/CCCCCC(=O)OC[C@H](CO[C@H]1O[C@H](CS(=O)(=O)O)[C@@H](O)C(O)C1O)OC(=O)CCCCCCCCCCCCC. The Bertz CT molecular complexity index is 1310. The highest BCUT2D eigenvalue weighted by Gasteiger charge is 2.46. The van der Waals surface area contributed by atoms with Gasteiger partial charge in [-0.3, -0.25) is 14.1 Å². The summed E-state index contributed by atoms with van der Waals surface area (Å²) in [6.45, 7) is 3.59. The van der Waals surface area contributed by atoms with E-state index in [-0.39, 0.29) is 19.4 Å². The van der Waals surface area contributed by atoms with Gasteiger partial charge >= 0.3 is 11.9 Å². The van der Waals surface area contributed by atoms with Crippen LogP contribution in [0.25, 0.3) is 0 Å². The van der Waals surface area contributed by atoms with Crippen LogP contribution in [0.1, 0.15) is 155 Å². The van der Waals surface area contributed by atoms with Crippen molar-refractivity contribution in [2.45, 2.75) is 192 Å². The van der Waals surface area contributed by atoms with Gasteiger partial charge in [0, 0.05) is 12.8 Å². The second kappa shape index (κ2) is 35.1. The van der Waals surface area contributed by atoms with Gasteiger partial charge in [0.25, 0.3) is 10.1 Å². The number of hydrogen-bond donors (Lipinski definition) is 4. The average molecular weight is 841 g/mol. The molecule has 1 heterocycles. The zero-order valence-corrected chi connectivity index (χ0v) is 36.2. The molecule has 1 saturated heterocycles. The van der Waals surface area contributed by atoms with E-state index in [1.165, 1.54) is 44.9 Å². The molecular formula is C45H76O12S. The van der Waals surface area contributed by atoms with Crippen LogP contribution in [0.5, 0.6) is 0 Å². The Hall–Kier alpha value is -2.65. The van der Waals surface area contributed by atoms with Gasteiger partial charge in [-0.25, -0.2) is 0 Å². The minimum atomic E-state index is -4.60. The predicted molar refractivity (Wildman–Crippen MR) is 229 cm³/mol. The summed E-state index contributed by atoms with van der Waals surface area (Å²) in [5.74, 6) is -2.03. The lowest BCUT2D eigenvalue weighted by atomic mass is 10.00. The van der Waals surface area contributed by atoms with Crippen molar-refractivity contribution in [2.75, 3.05) is 19.0 Å². The monoisotopic (exact) mass is 841 g/mol. The molecule has 58 heavy (non-hydrogen) atoms. The molecule has 6 atom stereocenters. The average Bonchev–Trinajstić information content (AvgIpc) is 3.18. The summed E-state index contributed by atoms with van der Waals surface area (Å²) in [7, 11) is -4.60. The van der Waals surface area contributed by atoms with Crippen LogP contribution in [0.2, 0.25) is 0 Å². The number of carbonyl (C=O) groups is 2. The number of unbranched alkanes of at least 4 members (excludes halogenated alkanes) is 13. The number of esters is 2. The molecule has 0 spiro atoms. The fourth-order valence-corrected chi connectivity index (χ4v) is 6.92. The summed E-state index contributed by atoms with van der Waals surface area (Å²) in [4.78, 5) is 25.3. The number of rotatable bonds is 35. The van der Waals surface area contributed by atoms with Gasteiger partial charge < -0.3 is 34.3 Å². The Morgan fingerprint density at radius 1 is 0.603 bits per heavy atom. The Balaban J connectivity index is 2.47. The first-order chi connectivity index (χ1) is 28.0. The molecule has 1 rings (SSSR count). The van der Waals surface area contributed by atoms with E-state index in [2.05, 4.69) is 74.6 Å². The number of carbonyl (C=O) groups excluding carboxylic acids is 2. The zero-order valence-electron chi connectivity index (χ0n) is 35.4. The van der Waals surface area contributed by atoms with Crippen LogP contribution in [0.3, 0.4) is 0 Å². The Morgan fingerprint density at radius 2 is 1.09 bits per heavy atom. The fraction of sp³-hybridized carbons (Fsp3) is 0.733. The molecule has 0 aromatic rings. The third-order valence-corrected chi connectivity index (χ3v) is 10.4. The van der Waals surface area contributed by atoms with E-state index in [1.807, 2.05) is 0 Å². The van der Waals surface area contributed by atoms with Crippen molar-refractivity contribution < 1.29 is 56.8 Å². The maximum atomic E-state index is 12.8. The molecule has 0 radical (unpaired) electrons. The lowest BCUT2D eigenvalue weighted by Crippen LogP contribution is -2.60. The summed E-state index contributed by atoms with van der Waals surface area (Å²) in [5.41, 5.74) is 0. The van der Waals surface area contributed by atoms with Gasteiger partial charge in [-0.15, -0.1) is 0 Å². The molecule has 0 aliphatic carbocycles. The van der Waals surface area contributed by atoms with Crippen LogP contribution in [-0.2, 0) is 38.7 Å². The lowest BCUT2D eigenvalue weighted by molar-refractivity contribution is -0.297. The Morgan fingerprint density at radius 3 is 1.62 bits per heavy atom. The van der Waals surface area contributed by atoms with Gasteiger partial charge in [0.1, 0.15) is 36.8 Å². The summed E-state index contributed by atoms with van der Waals surface area (Å²) in [5, 5.41) is 30.8. The molecule has 1 fully saturated rings. The quantitative estimate of drug-likeness (QED) is 0.0207. The maximum absolute atomic E-state index is 12.8. The van der Waals surface area contributed by atoms with E-state index in [0.717, 1.165) is 70.6 Å². The molecule has 13 heteroatoms. The van der Waals surface area contributed by atoms with Crippen molar-refractivity contribution in [3.05, 3.63) is 60.8 Å². The zero-order chi connectivity index (χ0) is 42.7. The smallest absolute Gasteiger partial charge is 0.306 e. The van der Waals surface area contributed by atoms with Crippen molar-refractivity contribution in [3.63, 3.8) is 0 Å². The molecule has 1 aliphatic heterocycles. The fourth-order valence-electron chi connectivity index (χ4n) is 6.23. The molecule has 12 nitrogen and oxygen atoms in total. The van der Waals surface area contributed by atoms with E-state index in [4.69, 9.17) is 18.9 Å². The van der Waals surface area contributed by atoms with Gasteiger partial charge in [-0.1, -0.05) is 145 Å². The first kappa shape index (κ1) is 53.4. The molecule has 2 unspecified atom stereocenters. The van der Waals surface area contributed by atoms with Crippen LogP contribution in [0.15, 0.2) is 60.8 Å². The van der Waals surface area contributed by atoms with Crippen molar-refractivity contribution in [1.82, 2.24) is 0 Å². The number of aliphatic hydroxyl groups excluding tert-OH is 3. The third kappa shape index (κ3) is 29.5. The molecule has 0 aromatic heterocycles. The van der Waals surface area contributed by atoms with E-state index in [1.54, 1.807) is 0 Å². The number of hydrogen-bond acceptors (Lipinski definition) is 11. The first-order valence-corrected chi connectivity index (χ1v) is 23.5. The number of allylic oxidation sites excluding steroid dienone is 10. The highest BCUT2D eigenvalue weighted by Crippen LogP contribution is 2.24. The van der Waals surface area contributed by atoms with Crippen molar-refractivity contribution in [2.24, 2.45) is 0 Å². The van der Waals surface area contributed by atoms with Crippen LogP contribution >= 0.6 is 0 Å². The molecule has 4 N–H and O–H groups in total. The van der Waals surface area contributed by atoms with E-state index >= 15 is 0 Å². The minimum Gasteiger partial charge on any atom is -0.462 e. The van der Waals surface area contributed by atoms with Crippen molar-refractivity contribution >= 4 is 22.1 Å². The largest absolute Gasteiger partial charge is 0.462 e. The number of aliphatic hydroxyl groups is 3. The molecule has 1 aliphatic rings. The molecule has 0 aromatic carbocycles. The van der Waals surface area contributed by atoms with Crippen LogP contribution in [-0.4, -0.2) is 96.0 Å². The highest BCUT2D eigenvalue weighted by atomic mass is 32.2. The second-order valence-electron chi connectivity index (χ2n) is 15.0. The maximum Gasteiger partial charge on any atom is 0.306 e. The van der Waals surface area contributed by atoms with Gasteiger partial charge in [0.2, 0.25) is 0 Å². The summed E-state index contributed by atoms with van der Waals surface area (Å²) in [6.07, 6.45) is 32.7. The normalized spacial score (nSPS) is 21.0. The molecule has 0 saturated carbocycles. The standard InChI is InChI=1S/C45H76O12S/c1-3-5-7-9-11-13-15-16-17-18-19-20-21-22-24-25-27-29-31-33-40(46)54-35-38(56-41(47)34-32-30-28-26-23-14-12-10-8-6-4-2)36-55-45-44(50)43(49)42(48)39(57-45)37-58(51,52)53/h5,7,11,13,16-17,19-20,22,24,38-39,42-45,48-50H,3-4,6,8-10,12,14-15,18,21,23,25-37H2,1-2H3,(H,51,52,53)/b7-5+,13-11+,17-16+,20-19+,24-22+/t38-,39-,42-,43?,44?,45+/m1/s1. The minimum absolute atomic E-state index is 0.156. The van der Waals surface area contributed by atoms with Crippen molar-refractivity contribution in [1.29, 1.82) is 0 Å². The van der Waals surface area contributed by atoms with Gasteiger partial charge in [0.15, 0.2) is 12.4 Å². The van der Waals surface area contributed by atoms with E-state index in [0.29, 0.717) is 12.8 Å². The Kier molecular flexibility index (Phi) is 32.3. The first-order valence-electron chi connectivity index (χ1n) is 21.8. The highest BCUT2D eigenvalue weighted by molar-refractivity contribution is 7.85. The second-order valence-corrected chi connectivity index (χ2v) is 16.5. The van der Waals surface area contributed by atoms with Crippen LogP contribution in [0, 0.1) is 0 Å². The van der Waals surface area contributed by atoms with Gasteiger partial charge in [-0.2, -0.15) is 8.42 Å². The number of ether oxygens (including phenoxy) is 4. The molecular weight excluding hydrogens is 765 g/mol. The summed E-state index contributed by atoms with van der Waals surface area (Å²) < 4.78 is 53.9. The Labute approximate surface area is 349 Å². The van der Waals surface area contributed by atoms with Gasteiger partial charge in [0.05, 0.1) is 6.61 Å². The summed E-state index contributed by atoms with van der Waals surface area (Å²) in [6, 6.07) is 0. The van der Waals surface area contributed by atoms with Gasteiger partial charge in [-0.05, 0) is 57.8 Å². The van der Waals surface area contributed by atoms with Crippen LogP contribution in [0.4, 0.5) is 0 Å². The van der Waals surface area contributed by atoms with E-state index in [9.17, 15) is 37.9 Å². The van der Waals surface area contributed by atoms with Crippen molar-refractivity contribution in [3.8, 4) is 0 Å². The van der Waals surface area contributed by atoms with Crippen LogP contribution < -0.4 is 0 Å². The van der Waals surface area contributed by atoms with E-state index < -0.39 is 71.2 Å². The summed E-state index contributed by atoms with van der Waals surface area (Å²) >= 11 is 0. The molecule has 334 valence electrons. The molecule has 0 bridgehead atoms. The third-order valence-electron chi connectivity index (χ3n) is 9.61. The molecule has 0 amide bonds. The topological polar surface area (TPSA) is 186 Å². The predicted octanol–water partition coefficient (Wildman–Crippen LogP) is 8.56. The lowest BCUT2D eigenvalue weighted by Gasteiger charge is -2.40.